The smallest absolute Gasteiger partial charge is 0.256 e. The molecule has 6 heteroatoms. The van der Waals surface area contributed by atoms with Gasteiger partial charge in [-0.05, 0) is 36.6 Å². The molecule has 0 N–H and O–H groups in total. The fourth-order valence-electron chi connectivity index (χ4n) is 3.40. The van der Waals surface area contributed by atoms with Crippen LogP contribution >= 0.6 is 0 Å². The predicted molar refractivity (Wildman–Crippen MR) is 96.5 cm³/mol. The molecule has 26 heavy (non-hydrogen) atoms. The van der Waals surface area contributed by atoms with Crippen LogP contribution in [0.5, 0.6) is 0 Å². The Labute approximate surface area is 150 Å². The van der Waals surface area contributed by atoms with Crippen molar-refractivity contribution in [1.82, 2.24) is 19.7 Å². The maximum absolute atomic E-state index is 5.62. The van der Waals surface area contributed by atoms with E-state index in [0.717, 1.165) is 48.2 Å². The van der Waals surface area contributed by atoms with E-state index in [1.807, 2.05) is 36.7 Å². The Morgan fingerprint density at radius 3 is 3.00 bits per heavy atom. The van der Waals surface area contributed by atoms with Crippen molar-refractivity contribution in [2.75, 3.05) is 6.61 Å². The second-order valence-corrected chi connectivity index (χ2v) is 6.52. The van der Waals surface area contributed by atoms with Gasteiger partial charge < -0.3 is 13.8 Å². The molecule has 6 nitrogen and oxygen atoms in total. The highest BCUT2D eigenvalue weighted by molar-refractivity contribution is 5.75. The van der Waals surface area contributed by atoms with E-state index in [9.17, 15) is 0 Å². The van der Waals surface area contributed by atoms with Gasteiger partial charge in [0.1, 0.15) is 6.10 Å². The summed E-state index contributed by atoms with van der Waals surface area (Å²) >= 11 is 0. The standard InChI is InChI=1S/C20H18N4O2/c1-2-8-17-16(7-1)21-13-24(17)12-14-5-3-6-15(11-14)19-22-20(26-23-19)18-9-4-10-25-18/h1-3,5-8,11,13,18H,4,9-10,12H2/t18-/m0/s1. The lowest BCUT2D eigenvalue weighted by Gasteiger charge is -2.06. The van der Waals surface area contributed by atoms with Crippen molar-refractivity contribution in [1.29, 1.82) is 0 Å². The van der Waals surface area contributed by atoms with E-state index < -0.39 is 0 Å². The lowest BCUT2D eigenvalue weighted by Crippen LogP contribution is -1.98. The van der Waals surface area contributed by atoms with Crippen LogP contribution in [-0.2, 0) is 11.3 Å². The largest absolute Gasteiger partial charge is 0.368 e. The lowest BCUT2D eigenvalue weighted by molar-refractivity contribution is 0.0835. The Balaban J connectivity index is 1.42. The van der Waals surface area contributed by atoms with Crippen LogP contribution in [0.1, 0.15) is 30.4 Å². The summed E-state index contributed by atoms with van der Waals surface area (Å²) in [7, 11) is 0. The Kier molecular flexibility index (Phi) is 3.75. The molecule has 1 aliphatic rings. The second kappa shape index (κ2) is 6.38. The first-order valence-corrected chi connectivity index (χ1v) is 8.81. The summed E-state index contributed by atoms with van der Waals surface area (Å²) in [6.07, 6.45) is 3.80. The predicted octanol–water partition coefficient (Wildman–Crippen LogP) is 3.99. The van der Waals surface area contributed by atoms with Gasteiger partial charge in [-0.15, -0.1) is 0 Å². The van der Waals surface area contributed by atoms with E-state index in [1.54, 1.807) is 0 Å². The molecular formula is C20H18N4O2. The highest BCUT2D eigenvalue weighted by Crippen LogP contribution is 2.29. The van der Waals surface area contributed by atoms with Crippen molar-refractivity contribution >= 4 is 11.0 Å². The van der Waals surface area contributed by atoms with Crippen molar-refractivity contribution in [3.63, 3.8) is 0 Å². The molecule has 130 valence electrons. The molecule has 0 amide bonds. The first kappa shape index (κ1) is 15.3. The number of hydrogen-bond donors (Lipinski definition) is 0. The molecule has 0 bridgehead atoms. The van der Waals surface area contributed by atoms with Gasteiger partial charge >= 0.3 is 0 Å². The highest BCUT2D eigenvalue weighted by Gasteiger charge is 2.24. The van der Waals surface area contributed by atoms with Crippen LogP contribution < -0.4 is 0 Å². The molecule has 0 saturated carbocycles. The molecule has 1 atom stereocenters. The zero-order valence-electron chi connectivity index (χ0n) is 14.2. The minimum absolute atomic E-state index is 0.0586. The number of ether oxygens (including phenoxy) is 1. The SMILES string of the molecule is c1cc(Cn2cnc3ccccc32)cc(-c2noc([C@@H]3CCCO3)n2)c1. The van der Waals surface area contributed by atoms with Gasteiger partial charge in [0.2, 0.25) is 5.82 Å². The van der Waals surface area contributed by atoms with E-state index in [0.29, 0.717) is 11.7 Å². The number of rotatable bonds is 4. The zero-order chi connectivity index (χ0) is 17.3. The van der Waals surface area contributed by atoms with Crippen LogP contribution in [0.4, 0.5) is 0 Å². The van der Waals surface area contributed by atoms with E-state index in [-0.39, 0.29) is 6.10 Å². The van der Waals surface area contributed by atoms with Crippen LogP contribution in [-0.4, -0.2) is 26.3 Å². The number of fused-ring (bicyclic) bond motifs is 1. The van der Waals surface area contributed by atoms with Crippen LogP contribution in [0, 0.1) is 0 Å². The van der Waals surface area contributed by atoms with Gasteiger partial charge in [0.05, 0.1) is 17.4 Å². The van der Waals surface area contributed by atoms with Crippen molar-refractivity contribution in [2.45, 2.75) is 25.5 Å². The molecule has 1 saturated heterocycles. The minimum atomic E-state index is -0.0586. The summed E-state index contributed by atoms with van der Waals surface area (Å²) in [5.74, 6) is 1.18. The molecule has 3 heterocycles. The summed E-state index contributed by atoms with van der Waals surface area (Å²) in [5.41, 5.74) is 4.23. The van der Waals surface area contributed by atoms with Crippen LogP contribution in [0.2, 0.25) is 0 Å². The zero-order valence-corrected chi connectivity index (χ0v) is 14.2. The van der Waals surface area contributed by atoms with Gasteiger partial charge in [-0.2, -0.15) is 4.98 Å². The lowest BCUT2D eigenvalue weighted by atomic mass is 10.1. The Hall–Kier alpha value is -2.99. The molecule has 0 aliphatic carbocycles. The molecule has 2 aromatic carbocycles. The Morgan fingerprint density at radius 2 is 2.08 bits per heavy atom. The van der Waals surface area contributed by atoms with E-state index in [1.165, 1.54) is 0 Å². The van der Waals surface area contributed by atoms with Crippen LogP contribution in [0.15, 0.2) is 59.4 Å². The molecule has 1 fully saturated rings. The second-order valence-electron chi connectivity index (χ2n) is 6.52. The van der Waals surface area contributed by atoms with Gasteiger partial charge in [-0.25, -0.2) is 4.98 Å². The number of hydrogen-bond acceptors (Lipinski definition) is 5. The molecule has 1 aliphatic heterocycles. The Bertz CT molecular complexity index is 1050. The third-order valence-electron chi connectivity index (χ3n) is 4.71. The van der Waals surface area contributed by atoms with Gasteiger partial charge in [0.15, 0.2) is 0 Å². The normalized spacial score (nSPS) is 17.2. The molecule has 0 radical (unpaired) electrons. The van der Waals surface area contributed by atoms with E-state index in [2.05, 4.69) is 37.9 Å². The molecule has 2 aromatic heterocycles. The first-order chi connectivity index (χ1) is 12.9. The molecule has 4 aromatic rings. The fraction of sp³-hybridized carbons (Fsp3) is 0.250. The van der Waals surface area contributed by atoms with Crippen LogP contribution in [0.3, 0.4) is 0 Å². The monoisotopic (exact) mass is 346 g/mol. The van der Waals surface area contributed by atoms with Gasteiger partial charge in [-0.3, -0.25) is 0 Å². The van der Waals surface area contributed by atoms with Crippen molar-refractivity contribution < 1.29 is 9.26 Å². The van der Waals surface area contributed by atoms with Crippen LogP contribution in [0.25, 0.3) is 22.4 Å². The molecule has 0 unspecified atom stereocenters. The molecule has 5 rings (SSSR count). The van der Waals surface area contributed by atoms with Gasteiger partial charge in [0, 0.05) is 18.7 Å². The number of benzene rings is 2. The topological polar surface area (TPSA) is 66.0 Å². The number of para-hydroxylation sites is 2. The molecule has 0 spiro atoms. The quantitative estimate of drug-likeness (QED) is 0.559. The summed E-state index contributed by atoms with van der Waals surface area (Å²) in [5, 5.41) is 4.13. The average molecular weight is 346 g/mol. The summed E-state index contributed by atoms with van der Waals surface area (Å²) in [6.45, 7) is 1.50. The third kappa shape index (κ3) is 2.78. The van der Waals surface area contributed by atoms with E-state index in [4.69, 9.17) is 9.26 Å². The number of aromatic nitrogens is 4. The summed E-state index contributed by atoms with van der Waals surface area (Å²) in [4.78, 5) is 8.98. The average Bonchev–Trinajstić information content (AvgIpc) is 3.43. The first-order valence-electron chi connectivity index (χ1n) is 8.81. The van der Waals surface area contributed by atoms with Gasteiger partial charge in [-0.1, -0.05) is 35.5 Å². The number of imidazole rings is 1. The summed E-state index contributed by atoms with van der Waals surface area (Å²) in [6, 6.07) is 16.3. The van der Waals surface area contributed by atoms with Crippen molar-refractivity contribution in [2.24, 2.45) is 0 Å². The van der Waals surface area contributed by atoms with Crippen molar-refractivity contribution in [3.05, 3.63) is 66.3 Å². The molecular weight excluding hydrogens is 328 g/mol. The fourth-order valence-corrected chi connectivity index (χ4v) is 3.40. The minimum Gasteiger partial charge on any atom is -0.368 e. The maximum atomic E-state index is 5.62. The third-order valence-corrected chi connectivity index (χ3v) is 4.71. The highest BCUT2D eigenvalue weighted by atomic mass is 16.5. The van der Waals surface area contributed by atoms with Gasteiger partial charge in [0.25, 0.3) is 5.89 Å². The van der Waals surface area contributed by atoms with E-state index >= 15 is 0 Å². The summed E-state index contributed by atoms with van der Waals surface area (Å²) < 4.78 is 13.2. The Morgan fingerprint density at radius 1 is 1.12 bits per heavy atom. The maximum Gasteiger partial charge on any atom is 0.256 e. The number of nitrogens with zero attached hydrogens (tertiary/aromatic N) is 4. The van der Waals surface area contributed by atoms with Crippen molar-refractivity contribution in [3.8, 4) is 11.4 Å².